The second-order valence-corrected chi connectivity index (χ2v) is 14.4. The summed E-state index contributed by atoms with van der Waals surface area (Å²) >= 11 is 27.0. The highest BCUT2D eigenvalue weighted by atomic mass is 35.5. The number of thioether (sulfide) groups is 2. The average Bonchev–Trinajstić information content (AvgIpc) is 3.09. The zero-order valence-electron chi connectivity index (χ0n) is 26.2. The van der Waals surface area contributed by atoms with Gasteiger partial charge in [-0.05, 0) is 61.4 Å². The number of hydrogen-bond donors (Lipinski definition) is 2. The van der Waals surface area contributed by atoms with Gasteiger partial charge in [0.15, 0.2) is 0 Å². The van der Waals surface area contributed by atoms with E-state index in [-0.39, 0.29) is 11.6 Å². The van der Waals surface area contributed by atoms with E-state index in [1.165, 1.54) is 29.6 Å². The molecule has 2 heterocycles. The molecule has 6 nitrogen and oxygen atoms in total. The van der Waals surface area contributed by atoms with Crippen molar-refractivity contribution in [2.45, 2.75) is 13.8 Å². The summed E-state index contributed by atoms with van der Waals surface area (Å²) in [6.45, 7) is 4.73. The minimum atomic E-state index is -0.531. The van der Waals surface area contributed by atoms with Crippen molar-refractivity contribution in [3.8, 4) is 22.3 Å². The van der Waals surface area contributed by atoms with Crippen LogP contribution in [0.3, 0.4) is 0 Å². The zero-order valence-corrected chi connectivity index (χ0v) is 30.8. The van der Waals surface area contributed by atoms with Crippen molar-refractivity contribution in [1.29, 1.82) is 0 Å². The molecule has 4 aromatic carbocycles. The number of amides is 2. The van der Waals surface area contributed by atoms with Gasteiger partial charge in [0.2, 0.25) is 0 Å². The number of anilines is 2. The molecule has 2 aliphatic rings. The molecule has 49 heavy (non-hydrogen) atoms. The normalized spacial score (nSPS) is 14.3. The van der Waals surface area contributed by atoms with Crippen molar-refractivity contribution in [3.63, 3.8) is 0 Å². The van der Waals surface area contributed by atoms with Gasteiger partial charge in [-0.2, -0.15) is 0 Å². The third-order valence-corrected chi connectivity index (χ3v) is 11.0. The minimum absolute atomic E-state index is 0.0948. The molecule has 0 fully saturated rings. The number of carbonyl (C=O) groups is 2. The summed E-state index contributed by atoms with van der Waals surface area (Å²) in [5.41, 5.74) is 3.75. The molecule has 0 aliphatic carbocycles. The molecule has 0 atom stereocenters. The van der Waals surface area contributed by atoms with Gasteiger partial charge in [-0.1, -0.05) is 88.9 Å². The number of para-hydroxylation sites is 2. The Hall–Kier alpha value is -3.31. The molecule has 0 aromatic heterocycles. The lowest BCUT2D eigenvalue weighted by atomic mass is 10.0. The van der Waals surface area contributed by atoms with E-state index in [2.05, 4.69) is 10.6 Å². The van der Waals surface area contributed by atoms with Gasteiger partial charge in [0.25, 0.3) is 11.8 Å². The van der Waals surface area contributed by atoms with E-state index >= 15 is 0 Å². The Kier molecular flexibility index (Phi) is 12.9. The summed E-state index contributed by atoms with van der Waals surface area (Å²) in [7, 11) is 0. The average molecular weight is 779 g/mol. The smallest absolute Gasteiger partial charge is 0.265 e. The molecule has 0 unspecified atom stereocenters. The summed E-state index contributed by atoms with van der Waals surface area (Å²) in [4.78, 5) is 26.2. The van der Waals surface area contributed by atoms with Crippen LogP contribution in [0.2, 0.25) is 20.1 Å². The maximum atomic E-state index is 14.4. The molecule has 4 aromatic rings. The van der Waals surface area contributed by atoms with Crippen LogP contribution in [0.25, 0.3) is 22.3 Å². The fourth-order valence-electron chi connectivity index (χ4n) is 4.87. The van der Waals surface area contributed by atoms with Crippen molar-refractivity contribution in [1.82, 2.24) is 0 Å². The monoisotopic (exact) mass is 776 g/mol. The fourth-order valence-corrected chi connectivity index (χ4v) is 7.10. The Labute approximate surface area is 312 Å². The van der Waals surface area contributed by atoms with E-state index in [1.54, 1.807) is 49.4 Å². The van der Waals surface area contributed by atoms with E-state index in [9.17, 15) is 14.0 Å². The Morgan fingerprint density at radius 2 is 1.16 bits per heavy atom. The maximum absolute atomic E-state index is 14.4. The Morgan fingerprint density at radius 1 is 0.653 bits per heavy atom. The second-order valence-electron chi connectivity index (χ2n) is 10.5. The van der Waals surface area contributed by atoms with Gasteiger partial charge < -0.3 is 20.1 Å². The highest BCUT2D eigenvalue weighted by Crippen LogP contribution is 2.36. The molecule has 2 amide bonds. The number of rotatable bonds is 6. The predicted molar refractivity (Wildman–Crippen MR) is 203 cm³/mol. The van der Waals surface area contributed by atoms with Gasteiger partial charge in [-0.3, -0.25) is 9.59 Å². The molecule has 2 N–H and O–H groups in total. The Bertz CT molecular complexity index is 1970. The molecular weight excluding hydrogens is 749 g/mol. The van der Waals surface area contributed by atoms with Crippen LogP contribution in [0.4, 0.5) is 15.8 Å². The summed E-state index contributed by atoms with van der Waals surface area (Å²) < 4.78 is 25.3. The van der Waals surface area contributed by atoms with Crippen LogP contribution >= 0.6 is 69.9 Å². The molecule has 2 aliphatic heterocycles. The van der Waals surface area contributed by atoms with Crippen molar-refractivity contribution in [2.24, 2.45) is 0 Å². The van der Waals surface area contributed by atoms with E-state index in [0.717, 1.165) is 16.9 Å². The minimum Gasteiger partial charge on any atom is -0.496 e. The van der Waals surface area contributed by atoms with Gasteiger partial charge in [0.1, 0.15) is 27.1 Å². The van der Waals surface area contributed by atoms with Crippen LogP contribution < -0.4 is 10.6 Å². The standard InChI is InChI=1S/C18H14Cl2FNO2S.C18H15Cl2NO2S/c1-10-17(25-8-7-24-10)18(23)22-16-12(3-2-4-15(16)21)11-5-6-13(19)14(20)9-11;1-11-17(24-9-8-23-11)18(22)21-16-5-3-2-4-13(16)12-6-7-14(19)15(20)10-12/h2-6,9H,7-8H2,1H3,(H,22,23);2-7,10H,8-9H2,1H3,(H,21,22). The van der Waals surface area contributed by atoms with Gasteiger partial charge >= 0.3 is 0 Å². The maximum Gasteiger partial charge on any atom is 0.265 e. The fraction of sp³-hybridized carbons (Fsp3) is 0.167. The molecule has 13 heteroatoms. The molecular formula is C36H29Cl4FN2O4S2. The zero-order chi connectivity index (χ0) is 35.1. The van der Waals surface area contributed by atoms with Gasteiger partial charge in [0.05, 0.1) is 39.0 Å². The first-order chi connectivity index (χ1) is 23.5. The third kappa shape index (κ3) is 9.28. The van der Waals surface area contributed by atoms with Crippen LogP contribution in [0.1, 0.15) is 13.8 Å². The van der Waals surface area contributed by atoms with Crippen molar-refractivity contribution < 1.29 is 23.5 Å². The first-order valence-electron chi connectivity index (χ1n) is 14.9. The van der Waals surface area contributed by atoms with Gasteiger partial charge in [-0.15, -0.1) is 23.5 Å². The highest BCUT2D eigenvalue weighted by Gasteiger charge is 2.22. The number of ether oxygens (including phenoxy) is 2. The summed E-state index contributed by atoms with van der Waals surface area (Å²) in [6, 6.07) is 22.6. The second kappa shape index (κ2) is 17.1. The lowest BCUT2D eigenvalue weighted by molar-refractivity contribution is -0.113. The topological polar surface area (TPSA) is 76.7 Å². The van der Waals surface area contributed by atoms with E-state index in [1.807, 2.05) is 37.3 Å². The van der Waals surface area contributed by atoms with Crippen LogP contribution in [0, 0.1) is 5.82 Å². The first kappa shape index (κ1) is 37.0. The SMILES string of the molecule is CC1=C(C(=O)Nc2c(F)cccc2-c2ccc(Cl)c(Cl)c2)SCCO1.CC1=C(C(=O)Nc2ccccc2-c2ccc(Cl)c(Cl)c2)SCCO1. The molecule has 0 spiro atoms. The Morgan fingerprint density at radius 3 is 1.71 bits per heavy atom. The molecule has 0 saturated carbocycles. The number of halogens is 5. The van der Waals surface area contributed by atoms with E-state index < -0.39 is 11.7 Å². The van der Waals surface area contributed by atoms with Crippen LogP contribution in [-0.4, -0.2) is 36.5 Å². The predicted octanol–water partition coefficient (Wildman–Crippen LogP) is 11.3. The number of nitrogens with one attached hydrogen (secondary N) is 2. The number of hydrogen-bond acceptors (Lipinski definition) is 6. The van der Waals surface area contributed by atoms with Crippen molar-refractivity contribution in [3.05, 3.63) is 126 Å². The largest absolute Gasteiger partial charge is 0.496 e. The third-order valence-electron chi connectivity index (χ3n) is 7.24. The van der Waals surface area contributed by atoms with Crippen LogP contribution in [0.15, 0.2) is 100 Å². The highest BCUT2D eigenvalue weighted by molar-refractivity contribution is 8.04. The molecule has 0 saturated heterocycles. The van der Waals surface area contributed by atoms with Gasteiger partial charge in [-0.25, -0.2) is 4.39 Å². The van der Waals surface area contributed by atoms with Crippen LogP contribution in [-0.2, 0) is 19.1 Å². The van der Waals surface area contributed by atoms with E-state index in [0.29, 0.717) is 77.2 Å². The molecule has 0 radical (unpaired) electrons. The molecule has 254 valence electrons. The number of benzene rings is 4. The number of carbonyl (C=O) groups excluding carboxylic acids is 2. The summed E-state index contributed by atoms with van der Waals surface area (Å²) in [6.07, 6.45) is 0. The van der Waals surface area contributed by atoms with Crippen molar-refractivity contribution >= 4 is 93.1 Å². The first-order valence-corrected chi connectivity index (χ1v) is 18.4. The quantitative estimate of drug-likeness (QED) is 0.203. The van der Waals surface area contributed by atoms with E-state index in [4.69, 9.17) is 55.9 Å². The summed E-state index contributed by atoms with van der Waals surface area (Å²) in [5, 5.41) is 7.37. The van der Waals surface area contributed by atoms with Crippen molar-refractivity contribution in [2.75, 3.05) is 35.4 Å². The lowest BCUT2D eigenvalue weighted by Gasteiger charge is -2.19. The molecule has 0 bridgehead atoms. The molecule has 6 rings (SSSR count). The number of allylic oxidation sites excluding steroid dienone is 2. The summed E-state index contributed by atoms with van der Waals surface area (Å²) in [5.74, 6) is 1.57. The van der Waals surface area contributed by atoms with Gasteiger partial charge in [0, 0.05) is 28.3 Å². The Balaban J connectivity index is 0.000000191. The lowest BCUT2D eigenvalue weighted by Crippen LogP contribution is -2.19. The van der Waals surface area contributed by atoms with Crippen LogP contribution in [0.5, 0.6) is 0 Å².